The predicted molar refractivity (Wildman–Crippen MR) is 352 cm³/mol. The van der Waals surface area contributed by atoms with E-state index in [1.807, 2.05) is 12.1 Å². The Kier molecular flexibility index (Phi) is 16.9. The molecule has 5 N–H and O–H groups in total. The Hall–Kier alpha value is -7.91. The molecule has 3 amide bonds. The van der Waals surface area contributed by atoms with Crippen LogP contribution in [-0.4, -0.2) is 125 Å². The summed E-state index contributed by atoms with van der Waals surface area (Å²) in [7, 11) is 0. The summed E-state index contributed by atoms with van der Waals surface area (Å²) in [6, 6.07) is 20.7. The first-order valence-electron chi connectivity index (χ1n) is 32.9. The minimum Gasteiger partial charge on any atom is -0.367 e. The van der Waals surface area contributed by atoms with E-state index < -0.39 is 25.2 Å². The molecule has 8 aliphatic rings. The lowest BCUT2D eigenvalue weighted by Gasteiger charge is -2.70. The second-order valence-electron chi connectivity index (χ2n) is 28.3. The minimum atomic E-state index is -4.40. The molecule has 498 valence electrons. The van der Waals surface area contributed by atoms with Crippen LogP contribution in [0.5, 0.6) is 0 Å². The summed E-state index contributed by atoms with van der Waals surface area (Å²) in [5.41, 5.74) is 7.30. The zero-order valence-corrected chi connectivity index (χ0v) is 54.7. The molecule has 0 radical (unpaired) electrons. The van der Waals surface area contributed by atoms with Gasteiger partial charge in [0, 0.05) is 120 Å². The standard InChI is InChI=1S/C69H75F6N15O3S2/c1-41-43(32-87-19-9-45(10-20-87)81-60-53-25-49(27-68(70,71)72)94-62(53)80-39-79-60)3-5-55-51(41)23-47(29-76)89(55)37-64-13-16-66(17-14-64,18-15-64)85-58(92)8-7-57-83-61(54-26-50(28-69(73,74)75)95-63(54)84-57)82-46-11-21-88(22-12-46)33-44-4-6-56-52(42(44)2)24-48(30-77)90(56)38-65-34-67(35-65,36-65)86-59(93)31-78-40-91/h3-6,23-26,39-40,45-46H,7-22,27-28,31-38H2,1-2H3,(H,78,91)(H,85,92)(H,86,93)(H,79,80,81)(H,82,83,84). The number of aryl methyl sites for hydroxylation is 3. The fraction of sp³-hybridized carbons (Fsp3) is 0.522. The number of hydrogen-bond donors (Lipinski definition) is 5. The maximum atomic E-state index is 14.0. The first kappa shape index (κ1) is 64.4. The van der Waals surface area contributed by atoms with E-state index in [9.17, 15) is 51.2 Å². The van der Waals surface area contributed by atoms with Crippen LogP contribution in [0.15, 0.2) is 54.9 Å². The Morgan fingerprint density at radius 3 is 1.66 bits per heavy atom. The molecule has 16 rings (SSSR count). The summed E-state index contributed by atoms with van der Waals surface area (Å²) in [5, 5.41) is 40.0. The smallest absolute Gasteiger partial charge is 0.367 e. The number of anilines is 2. The van der Waals surface area contributed by atoms with Gasteiger partial charge in [-0.3, -0.25) is 24.2 Å². The molecule has 8 heterocycles. The van der Waals surface area contributed by atoms with Crippen molar-refractivity contribution >= 4 is 94.8 Å². The SMILES string of the molecule is Cc1c(CN2CCC(Nc3ncnc4sc(CC(F)(F)F)cc34)CC2)ccc2c1cc(C#N)n2CC12CCC(NC(=O)CCc3nc(NC4CCN(Cc5ccc6c(cc(C#N)n6CC67CC(NC(=O)CNC=O)(C6)C7)c5C)CC4)c4cc(CC(F)(F)F)sc4n3)(CC1)CC2. The van der Waals surface area contributed by atoms with Gasteiger partial charge in [0.1, 0.15) is 57.0 Å². The lowest BCUT2D eigenvalue weighted by atomic mass is 9.39. The number of aromatic nitrogens is 6. The highest BCUT2D eigenvalue weighted by molar-refractivity contribution is 7.19. The summed E-state index contributed by atoms with van der Waals surface area (Å²) in [6.45, 7) is 10.2. The number of carbonyl (C=O) groups is 3. The third-order valence-corrected chi connectivity index (χ3v) is 23.8. The summed E-state index contributed by atoms with van der Waals surface area (Å²) < 4.78 is 85.1. The molecule has 8 aromatic rings. The first-order chi connectivity index (χ1) is 45.5. The summed E-state index contributed by atoms with van der Waals surface area (Å²) in [5.74, 6) is 1.14. The van der Waals surface area contributed by atoms with Crippen molar-refractivity contribution in [2.75, 3.05) is 43.4 Å². The van der Waals surface area contributed by atoms with Gasteiger partial charge >= 0.3 is 12.4 Å². The highest BCUT2D eigenvalue weighted by Gasteiger charge is 2.68. The molecular formula is C69H75F6N15O3S2. The number of carbonyl (C=O) groups excluding carboxylic acids is 3. The molecule has 6 saturated carbocycles. The number of fused-ring (bicyclic) bond motifs is 7. The lowest BCUT2D eigenvalue weighted by molar-refractivity contribution is -0.171. The van der Waals surface area contributed by atoms with Gasteiger partial charge < -0.3 is 35.7 Å². The van der Waals surface area contributed by atoms with E-state index in [-0.39, 0.29) is 74.9 Å². The number of thiophene rings is 2. The third-order valence-electron chi connectivity index (χ3n) is 21.7. The van der Waals surface area contributed by atoms with Crippen LogP contribution in [0.1, 0.15) is 139 Å². The van der Waals surface area contributed by atoms with Gasteiger partial charge in [-0.15, -0.1) is 22.7 Å². The van der Waals surface area contributed by atoms with Crippen molar-refractivity contribution in [1.29, 1.82) is 10.5 Å². The maximum Gasteiger partial charge on any atom is 0.393 e. The number of benzene rings is 2. The monoisotopic (exact) mass is 1340 g/mol. The van der Waals surface area contributed by atoms with Crippen LogP contribution in [0.25, 0.3) is 42.2 Å². The number of alkyl halides is 6. The van der Waals surface area contributed by atoms with Crippen LogP contribution in [-0.2, 0) is 59.8 Å². The van der Waals surface area contributed by atoms with Crippen molar-refractivity contribution in [3.63, 3.8) is 0 Å². The molecule has 8 fully saturated rings. The van der Waals surface area contributed by atoms with E-state index in [0.29, 0.717) is 75.3 Å². The Morgan fingerprint density at radius 2 is 1.14 bits per heavy atom. The molecule has 4 bridgehead atoms. The average molecular weight is 1340 g/mol. The van der Waals surface area contributed by atoms with Gasteiger partial charge in [0.15, 0.2) is 0 Å². The van der Waals surface area contributed by atoms with Crippen LogP contribution in [0.2, 0.25) is 0 Å². The molecule has 0 atom stereocenters. The van der Waals surface area contributed by atoms with Gasteiger partial charge in [0.2, 0.25) is 18.2 Å². The van der Waals surface area contributed by atoms with Crippen LogP contribution >= 0.6 is 22.7 Å². The lowest BCUT2D eigenvalue weighted by Crippen LogP contribution is -2.76. The summed E-state index contributed by atoms with van der Waals surface area (Å²) in [4.78, 5) is 61.4. The highest BCUT2D eigenvalue weighted by atomic mass is 32.1. The van der Waals surface area contributed by atoms with Crippen molar-refractivity contribution < 1.29 is 40.7 Å². The average Bonchev–Trinajstić information content (AvgIpc) is 0.917. The van der Waals surface area contributed by atoms with Crippen molar-refractivity contribution in [2.24, 2.45) is 10.8 Å². The van der Waals surface area contributed by atoms with Crippen LogP contribution in [0.4, 0.5) is 38.0 Å². The zero-order valence-electron chi connectivity index (χ0n) is 53.1. The molecule has 18 nitrogen and oxygen atoms in total. The fourth-order valence-corrected chi connectivity index (χ4v) is 18.9. The van der Waals surface area contributed by atoms with Gasteiger partial charge in [0.05, 0.1) is 30.2 Å². The second kappa shape index (κ2) is 24.9. The molecule has 0 unspecified atom stereocenters. The van der Waals surface area contributed by atoms with E-state index in [0.717, 1.165) is 172 Å². The summed E-state index contributed by atoms with van der Waals surface area (Å²) >= 11 is 2.05. The molecule has 6 aromatic heterocycles. The van der Waals surface area contributed by atoms with E-state index in [1.165, 1.54) is 17.5 Å². The van der Waals surface area contributed by atoms with Crippen LogP contribution in [0.3, 0.4) is 0 Å². The third kappa shape index (κ3) is 13.3. The van der Waals surface area contributed by atoms with Crippen LogP contribution < -0.4 is 26.6 Å². The molecule has 2 aromatic carbocycles. The molecule has 95 heavy (non-hydrogen) atoms. The minimum absolute atomic E-state index is 0.00403. The molecule has 2 saturated heterocycles. The number of halogens is 6. The topological polar surface area (TPSA) is 227 Å². The fourth-order valence-electron chi connectivity index (χ4n) is 16.8. The first-order valence-corrected chi connectivity index (χ1v) is 34.6. The molecule has 6 aliphatic carbocycles. The molecule has 2 aliphatic heterocycles. The Bertz CT molecular complexity index is 4360. The van der Waals surface area contributed by atoms with Crippen LogP contribution in [0, 0.1) is 47.3 Å². The Labute approximate surface area is 553 Å². The van der Waals surface area contributed by atoms with Crippen molar-refractivity contribution in [3.05, 3.63) is 104 Å². The summed E-state index contributed by atoms with van der Waals surface area (Å²) in [6.07, 6.45) is 2.32. The van der Waals surface area contributed by atoms with Gasteiger partial charge in [0.25, 0.3) is 0 Å². The molecular weight excluding hydrogens is 1260 g/mol. The number of hydrogen-bond acceptors (Lipinski definition) is 15. The van der Waals surface area contributed by atoms with Gasteiger partial charge in [-0.2, -0.15) is 36.9 Å². The molecule has 0 spiro atoms. The number of rotatable bonds is 22. The predicted octanol–water partition coefficient (Wildman–Crippen LogP) is 12.0. The van der Waals surface area contributed by atoms with E-state index in [4.69, 9.17) is 9.97 Å². The maximum absolute atomic E-state index is 14.0. The zero-order chi connectivity index (χ0) is 66.2. The number of amides is 3. The molecule has 26 heteroatoms. The van der Waals surface area contributed by atoms with E-state index in [2.05, 4.69) is 106 Å². The number of piperidine rings is 2. The second-order valence-corrected chi connectivity index (χ2v) is 30.5. The quantitative estimate of drug-likeness (QED) is 0.0315. The van der Waals surface area contributed by atoms with Crippen molar-refractivity contribution in [2.45, 2.75) is 185 Å². The van der Waals surface area contributed by atoms with Gasteiger partial charge in [-0.1, -0.05) is 12.1 Å². The number of nitrogens with zero attached hydrogens (tertiary/aromatic N) is 10. The number of likely N-dealkylation sites (tertiary alicyclic amines) is 2. The van der Waals surface area contributed by atoms with Gasteiger partial charge in [-0.25, -0.2) is 19.9 Å². The normalized spacial score (nSPS) is 23.3. The number of nitrogens with one attached hydrogen (secondary N) is 5. The Balaban J connectivity index is 0.569. The Morgan fingerprint density at radius 1 is 0.632 bits per heavy atom. The number of nitriles is 2. The van der Waals surface area contributed by atoms with Gasteiger partial charge in [-0.05, 0) is 167 Å². The van der Waals surface area contributed by atoms with Crippen molar-refractivity contribution in [3.8, 4) is 12.1 Å². The van der Waals surface area contributed by atoms with E-state index in [1.54, 1.807) is 12.1 Å². The van der Waals surface area contributed by atoms with Crippen molar-refractivity contribution in [1.82, 2.24) is 54.8 Å². The van der Waals surface area contributed by atoms with E-state index >= 15 is 0 Å². The largest absolute Gasteiger partial charge is 0.393 e. The highest BCUT2D eigenvalue weighted by Crippen LogP contribution is 2.68.